The summed E-state index contributed by atoms with van der Waals surface area (Å²) in [5.41, 5.74) is 4.69. The fourth-order valence-electron chi connectivity index (χ4n) is 0.756. The zero-order chi connectivity index (χ0) is 8.43. The number of hydrogen-bond donors (Lipinski definition) is 1. The third kappa shape index (κ3) is 1.21. The van der Waals surface area contributed by atoms with E-state index in [-0.39, 0.29) is 5.56 Å². The zero-order valence-corrected chi connectivity index (χ0v) is 6.04. The summed E-state index contributed by atoms with van der Waals surface area (Å²) in [6.45, 7) is 2.11. The molecule has 11 heavy (non-hydrogen) atoms. The number of aryl methyl sites for hydroxylation is 1. The summed E-state index contributed by atoms with van der Waals surface area (Å²) in [5.74, 6) is -1.46. The molecular formula is C6H8FN3O. The number of hydrogen-bond acceptors (Lipinski definition) is 2. The van der Waals surface area contributed by atoms with Crippen molar-refractivity contribution in [1.82, 2.24) is 9.78 Å². The summed E-state index contributed by atoms with van der Waals surface area (Å²) in [5, 5.41) is 3.60. The summed E-state index contributed by atoms with van der Waals surface area (Å²) >= 11 is 0. The van der Waals surface area contributed by atoms with Crippen molar-refractivity contribution in [3.8, 4) is 0 Å². The molecule has 0 aliphatic rings. The van der Waals surface area contributed by atoms with Gasteiger partial charge in [0.2, 0.25) is 5.95 Å². The molecule has 0 fully saturated rings. The van der Waals surface area contributed by atoms with E-state index >= 15 is 0 Å². The molecule has 0 saturated heterocycles. The minimum atomic E-state index is -0.790. The lowest BCUT2D eigenvalue weighted by molar-refractivity contribution is 0.0996. The molecule has 0 aliphatic carbocycles. The fourth-order valence-corrected chi connectivity index (χ4v) is 0.756. The molecule has 0 spiro atoms. The van der Waals surface area contributed by atoms with Gasteiger partial charge in [0.1, 0.15) is 5.56 Å². The largest absolute Gasteiger partial charge is 0.365 e. The molecule has 1 rings (SSSR count). The molecule has 0 saturated carbocycles. The van der Waals surface area contributed by atoms with E-state index in [1.807, 2.05) is 0 Å². The topological polar surface area (TPSA) is 60.9 Å². The molecule has 0 aromatic carbocycles. The average molecular weight is 157 g/mol. The Balaban J connectivity index is 3.10. The van der Waals surface area contributed by atoms with E-state index in [0.29, 0.717) is 6.54 Å². The van der Waals surface area contributed by atoms with Crippen molar-refractivity contribution in [1.29, 1.82) is 0 Å². The van der Waals surface area contributed by atoms with Crippen LogP contribution in [0.3, 0.4) is 0 Å². The van der Waals surface area contributed by atoms with Crippen LogP contribution >= 0.6 is 0 Å². The second-order valence-electron chi connectivity index (χ2n) is 2.03. The highest BCUT2D eigenvalue weighted by molar-refractivity contribution is 5.92. The van der Waals surface area contributed by atoms with Crippen LogP contribution in [0.4, 0.5) is 4.39 Å². The first-order chi connectivity index (χ1) is 5.16. The Morgan fingerprint density at radius 2 is 2.55 bits per heavy atom. The number of carbonyl (C=O) groups is 1. The van der Waals surface area contributed by atoms with E-state index in [9.17, 15) is 9.18 Å². The van der Waals surface area contributed by atoms with E-state index in [4.69, 9.17) is 5.73 Å². The minimum absolute atomic E-state index is 0.160. The predicted molar refractivity (Wildman–Crippen MR) is 36.4 cm³/mol. The quantitative estimate of drug-likeness (QED) is 0.663. The van der Waals surface area contributed by atoms with Crippen molar-refractivity contribution < 1.29 is 9.18 Å². The second-order valence-corrected chi connectivity index (χ2v) is 2.03. The summed E-state index contributed by atoms with van der Waals surface area (Å²) in [6, 6.07) is 0. The summed E-state index contributed by atoms with van der Waals surface area (Å²) in [4.78, 5) is 10.5. The molecule has 4 nitrogen and oxygen atoms in total. The molecule has 60 valence electrons. The van der Waals surface area contributed by atoms with Crippen LogP contribution in [0.2, 0.25) is 0 Å². The Labute approximate surface area is 62.8 Å². The molecule has 0 atom stereocenters. The van der Waals surface area contributed by atoms with Crippen LogP contribution in [0, 0.1) is 5.95 Å². The predicted octanol–water partition coefficient (Wildman–Crippen LogP) is 0.141. The third-order valence-corrected chi connectivity index (χ3v) is 1.34. The Morgan fingerprint density at radius 3 is 2.82 bits per heavy atom. The summed E-state index contributed by atoms with van der Waals surface area (Å²) < 4.78 is 14.0. The van der Waals surface area contributed by atoms with Crippen LogP contribution in [-0.4, -0.2) is 15.7 Å². The number of aromatic nitrogens is 2. The van der Waals surface area contributed by atoms with Gasteiger partial charge in [-0.15, -0.1) is 0 Å². The number of nitrogens with two attached hydrogens (primary N) is 1. The highest BCUT2D eigenvalue weighted by atomic mass is 19.1. The van der Waals surface area contributed by atoms with E-state index in [2.05, 4.69) is 5.10 Å². The van der Waals surface area contributed by atoms with Gasteiger partial charge in [-0.3, -0.25) is 4.79 Å². The maximum atomic E-state index is 12.9. The molecule has 1 aromatic heterocycles. The highest BCUT2D eigenvalue weighted by Crippen LogP contribution is 2.04. The van der Waals surface area contributed by atoms with E-state index in [0.717, 1.165) is 10.9 Å². The van der Waals surface area contributed by atoms with Gasteiger partial charge in [-0.2, -0.15) is 9.49 Å². The van der Waals surface area contributed by atoms with Crippen molar-refractivity contribution in [2.75, 3.05) is 0 Å². The SMILES string of the molecule is CCn1ncc(C(N)=O)c1F. The molecule has 0 radical (unpaired) electrons. The van der Waals surface area contributed by atoms with E-state index in [1.54, 1.807) is 6.92 Å². The molecular weight excluding hydrogens is 149 g/mol. The van der Waals surface area contributed by atoms with Crippen LogP contribution in [0.5, 0.6) is 0 Å². The number of rotatable bonds is 2. The maximum absolute atomic E-state index is 12.9. The first-order valence-electron chi connectivity index (χ1n) is 3.18. The smallest absolute Gasteiger partial charge is 0.254 e. The molecule has 0 aliphatic heterocycles. The van der Waals surface area contributed by atoms with Crippen LogP contribution in [0.15, 0.2) is 6.20 Å². The third-order valence-electron chi connectivity index (χ3n) is 1.34. The lowest BCUT2D eigenvalue weighted by Crippen LogP contribution is -2.12. The monoisotopic (exact) mass is 157 g/mol. The van der Waals surface area contributed by atoms with Crippen LogP contribution < -0.4 is 5.73 Å². The molecule has 0 bridgehead atoms. The average Bonchev–Trinajstić information content (AvgIpc) is 2.30. The van der Waals surface area contributed by atoms with Gasteiger partial charge in [-0.25, -0.2) is 4.68 Å². The molecule has 1 aromatic rings. The Kier molecular flexibility index (Phi) is 1.89. The second kappa shape index (κ2) is 2.69. The minimum Gasteiger partial charge on any atom is -0.365 e. The van der Waals surface area contributed by atoms with Crippen LogP contribution in [0.1, 0.15) is 17.3 Å². The van der Waals surface area contributed by atoms with Gasteiger partial charge >= 0.3 is 0 Å². The van der Waals surface area contributed by atoms with E-state index < -0.39 is 11.9 Å². The molecule has 1 heterocycles. The lowest BCUT2D eigenvalue weighted by atomic mass is 10.3. The number of carbonyl (C=O) groups excluding carboxylic acids is 1. The van der Waals surface area contributed by atoms with Gasteiger partial charge in [0.15, 0.2) is 0 Å². The van der Waals surface area contributed by atoms with Gasteiger partial charge in [-0.1, -0.05) is 0 Å². The molecule has 2 N–H and O–H groups in total. The number of primary amides is 1. The van der Waals surface area contributed by atoms with Crippen molar-refractivity contribution in [2.24, 2.45) is 5.73 Å². The van der Waals surface area contributed by atoms with Gasteiger partial charge in [-0.05, 0) is 6.92 Å². The van der Waals surface area contributed by atoms with E-state index in [1.165, 1.54) is 0 Å². The van der Waals surface area contributed by atoms with Crippen LogP contribution in [-0.2, 0) is 6.54 Å². The fraction of sp³-hybridized carbons (Fsp3) is 0.333. The van der Waals surface area contributed by atoms with Gasteiger partial charge in [0, 0.05) is 6.54 Å². The lowest BCUT2D eigenvalue weighted by Gasteiger charge is -1.94. The first kappa shape index (κ1) is 7.71. The summed E-state index contributed by atoms with van der Waals surface area (Å²) in [6.07, 6.45) is 1.13. The van der Waals surface area contributed by atoms with Crippen molar-refractivity contribution >= 4 is 5.91 Å². The van der Waals surface area contributed by atoms with Crippen molar-refractivity contribution in [2.45, 2.75) is 13.5 Å². The maximum Gasteiger partial charge on any atom is 0.254 e. The van der Waals surface area contributed by atoms with Gasteiger partial charge < -0.3 is 5.73 Å². The van der Waals surface area contributed by atoms with Gasteiger partial charge in [0.05, 0.1) is 6.20 Å². The number of halogens is 1. The Morgan fingerprint density at radius 1 is 1.91 bits per heavy atom. The summed E-state index contributed by atoms with van der Waals surface area (Å²) in [7, 11) is 0. The van der Waals surface area contributed by atoms with Crippen molar-refractivity contribution in [3.05, 3.63) is 17.7 Å². The molecule has 1 amide bonds. The van der Waals surface area contributed by atoms with Gasteiger partial charge in [0.25, 0.3) is 5.91 Å². The zero-order valence-electron chi connectivity index (χ0n) is 6.04. The molecule has 0 unspecified atom stereocenters. The van der Waals surface area contributed by atoms with Crippen molar-refractivity contribution in [3.63, 3.8) is 0 Å². The first-order valence-corrected chi connectivity index (χ1v) is 3.18. The molecule has 5 heteroatoms. The van der Waals surface area contributed by atoms with Crippen LogP contribution in [0.25, 0.3) is 0 Å². The number of amides is 1. The highest BCUT2D eigenvalue weighted by Gasteiger charge is 2.12. The number of nitrogens with zero attached hydrogens (tertiary/aromatic N) is 2. The Bertz CT molecular complexity index is 281. The Hall–Kier alpha value is -1.39. The standard InChI is InChI=1S/C6H8FN3O/c1-2-10-5(7)4(3-9-10)6(8)11/h3H,2H2,1H3,(H2,8,11). The normalized spacial score (nSPS) is 10.0.